The predicted molar refractivity (Wildman–Crippen MR) is 136 cm³/mol. The Balaban J connectivity index is 2.12. The largest absolute Gasteiger partial charge is 0.462 e. The van der Waals surface area contributed by atoms with Gasteiger partial charge in [-0.15, -0.1) is 0 Å². The highest BCUT2D eigenvalue weighted by atomic mass is 16.5. The van der Waals surface area contributed by atoms with E-state index in [0.717, 1.165) is 12.1 Å². The lowest BCUT2D eigenvalue weighted by Gasteiger charge is -2.16. The number of hydrogen-bond acceptors (Lipinski definition) is 8. The molecule has 10 heteroatoms. The number of rotatable bonds is 8. The summed E-state index contributed by atoms with van der Waals surface area (Å²) >= 11 is 0. The smallest absolute Gasteiger partial charge is 0.338 e. The zero-order valence-corrected chi connectivity index (χ0v) is 19.8. The van der Waals surface area contributed by atoms with Crippen LogP contribution in [-0.4, -0.2) is 37.0 Å². The van der Waals surface area contributed by atoms with Gasteiger partial charge in [0.05, 0.1) is 35.5 Å². The number of ether oxygens (including phenoxy) is 2. The molecule has 3 aromatic carbocycles. The molecule has 0 radical (unpaired) electrons. The van der Waals surface area contributed by atoms with Gasteiger partial charge in [-0.3, -0.25) is 9.59 Å². The molecule has 6 N–H and O–H groups in total. The van der Waals surface area contributed by atoms with E-state index in [2.05, 4.69) is 10.6 Å². The summed E-state index contributed by atoms with van der Waals surface area (Å²) in [6, 6.07) is 15.1. The maximum absolute atomic E-state index is 13.2. The third-order valence-electron chi connectivity index (χ3n) is 4.93. The van der Waals surface area contributed by atoms with Gasteiger partial charge in [0.2, 0.25) is 0 Å². The number of carbonyl (C=O) groups excluding carboxylic acids is 4. The number of anilines is 4. The van der Waals surface area contributed by atoms with Crippen LogP contribution in [0.2, 0.25) is 0 Å². The summed E-state index contributed by atoms with van der Waals surface area (Å²) in [4.78, 5) is 51.9. The highest BCUT2D eigenvalue weighted by molar-refractivity contribution is 6.17. The average molecular weight is 491 g/mol. The van der Waals surface area contributed by atoms with Crippen LogP contribution in [0, 0.1) is 0 Å². The van der Waals surface area contributed by atoms with Crippen LogP contribution in [0.4, 0.5) is 22.7 Å². The summed E-state index contributed by atoms with van der Waals surface area (Å²) in [7, 11) is 0. The van der Waals surface area contributed by atoms with Crippen LogP contribution in [0.25, 0.3) is 0 Å². The van der Waals surface area contributed by atoms with Gasteiger partial charge in [-0.1, -0.05) is 12.1 Å². The quantitative estimate of drug-likeness (QED) is 0.274. The molecule has 10 nitrogen and oxygen atoms in total. The van der Waals surface area contributed by atoms with Crippen molar-refractivity contribution in [3.05, 3.63) is 82.9 Å². The van der Waals surface area contributed by atoms with Crippen molar-refractivity contribution in [2.75, 3.05) is 35.3 Å². The van der Waals surface area contributed by atoms with Gasteiger partial charge >= 0.3 is 11.9 Å². The van der Waals surface area contributed by atoms with Crippen LogP contribution >= 0.6 is 0 Å². The maximum Gasteiger partial charge on any atom is 0.338 e. The summed E-state index contributed by atoms with van der Waals surface area (Å²) in [6.45, 7) is 3.26. The molecule has 0 saturated carbocycles. The Morgan fingerprint density at radius 3 is 1.36 bits per heavy atom. The van der Waals surface area contributed by atoms with Crippen molar-refractivity contribution in [2.45, 2.75) is 13.8 Å². The monoisotopic (exact) mass is 490 g/mol. The first-order valence-corrected chi connectivity index (χ1v) is 11.1. The van der Waals surface area contributed by atoms with Crippen LogP contribution in [0.15, 0.2) is 60.7 Å². The average Bonchev–Trinajstić information content (AvgIpc) is 2.83. The third kappa shape index (κ3) is 6.17. The van der Waals surface area contributed by atoms with Crippen molar-refractivity contribution in [3.63, 3.8) is 0 Å². The van der Waals surface area contributed by atoms with Crippen LogP contribution in [-0.2, 0) is 9.47 Å². The van der Waals surface area contributed by atoms with Crippen molar-refractivity contribution in [1.82, 2.24) is 0 Å². The zero-order chi connectivity index (χ0) is 26.2. The predicted octanol–water partition coefficient (Wildman–Crippen LogP) is 3.71. The molecule has 0 unspecified atom stereocenters. The summed E-state index contributed by atoms with van der Waals surface area (Å²) in [5.41, 5.74) is 12.4. The second-order valence-corrected chi connectivity index (χ2v) is 7.54. The number of nitrogen functional groups attached to an aromatic ring is 2. The molecule has 0 atom stereocenters. The highest BCUT2D eigenvalue weighted by Crippen LogP contribution is 2.24. The number of nitrogens with two attached hydrogens (primary N) is 2. The van der Waals surface area contributed by atoms with Gasteiger partial charge in [0.25, 0.3) is 11.8 Å². The molecule has 0 saturated heterocycles. The Labute approximate surface area is 207 Å². The van der Waals surface area contributed by atoms with Gasteiger partial charge in [-0.2, -0.15) is 0 Å². The van der Waals surface area contributed by atoms with E-state index < -0.39 is 23.8 Å². The second-order valence-electron chi connectivity index (χ2n) is 7.54. The molecule has 0 spiro atoms. The van der Waals surface area contributed by atoms with E-state index in [0.29, 0.717) is 22.7 Å². The fourth-order valence-corrected chi connectivity index (χ4v) is 3.36. The summed E-state index contributed by atoms with van der Waals surface area (Å²) in [5, 5.41) is 5.27. The maximum atomic E-state index is 13.2. The van der Waals surface area contributed by atoms with Crippen LogP contribution in [0.1, 0.15) is 55.3 Å². The number of carbonyl (C=O) groups is 4. The van der Waals surface area contributed by atoms with Gasteiger partial charge in [0, 0.05) is 22.7 Å². The number of esters is 2. The first-order valence-electron chi connectivity index (χ1n) is 11.1. The summed E-state index contributed by atoms with van der Waals surface area (Å²) in [5.74, 6) is -3.11. The van der Waals surface area contributed by atoms with Gasteiger partial charge in [-0.25, -0.2) is 9.59 Å². The van der Waals surface area contributed by atoms with Crippen molar-refractivity contribution < 1.29 is 28.7 Å². The molecule has 0 aromatic heterocycles. The lowest BCUT2D eigenvalue weighted by atomic mass is 9.96. The molecule has 0 aliphatic rings. The molecule has 0 fully saturated rings. The molecule has 36 heavy (non-hydrogen) atoms. The van der Waals surface area contributed by atoms with Crippen LogP contribution < -0.4 is 22.1 Å². The van der Waals surface area contributed by atoms with E-state index in [4.69, 9.17) is 20.9 Å². The van der Waals surface area contributed by atoms with Crippen LogP contribution in [0.3, 0.4) is 0 Å². The van der Waals surface area contributed by atoms with E-state index in [1.54, 1.807) is 50.2 Å². The molecule has 0 heterocycles. The molecule has 186 valence electrons. The normalized spacial score (nSPS) is 10.3. The van der Waals surface area contributed by atoms with Crippen LogP contribution in [0.5, 0.6) is 0 Å². The van der Waals surface area contributed by atoms with Crippen molar-refractivity contribution in [1.29, 1.82) is 0 Å². The number of nitrogens with one attached hydrogen (secondary N) is 2. The minimum atomic E-state index is -0.844. The molecule has 2 amide bonds. The molecular formula is C26H26N4O6. The Morgan fingerprint density at radius 1 is 0.639 bits per heavy atom. The zero-order valence-electron chi connectivity index (χ0n) is 19.8. The summed E-state index contributed by atoms with van der Waals surface area (Å²) < 4.78 is 10.2. The second kappa shape index (κ2) is 11.5. The number of hydrogen-bond donors (Lipinski definition) is 4. The van der Waals surface area contributed by atoms with E-state index in [1.807, 2.05) is 0 Å². The molecule has 3 aromatic rings. The molecule has 0 aliphatic carbocycles. The number of amides is 2. The fraction of sp³-hybridized carbons (Fsp3) is 0.154. The Hall–Kier alpha value is -4.86. The van der Waals surface area contributed by atoms with E-state index >= 15 is 0 Å². The summed E-state index contributed by atoms with van der Waals surface area (Å²) in [6.07, 6.45) is 0. The van der Waals surface area contributed by atoms with Crippen molar-refractivity contribution in [2.24, 2.45) is 0 Å². The van der Waals surface area contributed by atoms with Crippen molar-refractivity contribution in [3.8, 4) is 0 Å². The van der Waals surface area contributed by atoms with Gasteiger partial charge in [-0.05, 0) is 62.4 Å². The lowest BCUT2D eigenvalue weighted by molar-refractivity contribution is 0.0508. The third-order valence-corrected chi connectivity index (χ3v) is 4.93. The lowest BCUT2D eigenvalue weighted by Crippen LogP contribution is -2.23. The van der Waals surface area contributed by atoms with Gasteiger partial charge in [0.1, 0.15) is 0 Å². The minimum absolute atomic E-state index is 0.0273. The molecule has 0 aliphatic heterocycles. The van der Waals surface area contributed by atoms with E-state index in [-0.39, 0.29) is 35.5 Å². The minimum Gasteiger partial charge on any atom is -0.462 e. The van der Waals surface area contributed by atoms with E-state index in [1.165, 1.54) is 12.1 Å². The topological polar surface area (TPSA) is 163 Å². The Bertz CT molecular complexity index is 1220. The van der Waals surface area contributed by atoms with Gasteiger partial charge in [0.15, 0.2) is 0 Å². The molecule has 3 rings (SSSR count). The highest BCUT2D eigenvalue weighted by Gasteiger charge is 2.27. The van der Waals surface area contributed by atoms with Gasteiger partial charge < -0.3 is 31.6 Å². The number of benzene rings is 3. The first-order chi connectivity index (χ1) is 17.2. The SMILES string of the molecule is CCOC(=O)c1cc(C(=O)Nc2cccc(N)c2)c(C(=O)OCC)cc1C(=O)Nc1cccc(N)c1. The standard InChI is InChI=1S/C26H26N4O6/c1-3-35-25(33)21-13-20(24(32)30-18-10-6-8-16(28)12-18)22(26(34)36-4-2)14-19(21)23(31)29-17-9-5-7-15(27)11-17/h5-14H,3-4,27-28H2,1-2H3,(H,29,31)(H,30,32). The molecule has 0 bridgehead atoms. The Kier molecular flexibility index (Phi) is 8.24. The first kappa shape index (κ1) is 25.8. The molecular weight excluding hydrogens is 464 g/mol. The fourth-order valence-electron chi connectivity index (χ4n) is 3.36. The Morgan fingerprint density at radius 2 is 1.03 bits per heavy atom. The van der Waals surface area contributed by atoms with Crippen molar-refractivity contribution >= 4 is 46.5 Å². The van der Waals surface area contributed by atoms with E-state index in [9.17, 15) is 19.2 Å².